The molecule has 0 spiro atoms. The van der Waals surface area contributed by atoms with Crippen LogP contribution >= 0.6 is 15.9 Å². The van der Waals surface area contributed by atoms with Crippen molar-refractivity contribution in [2.24, 2.45) is 0 Å². The van der Waals surface area contributed by atoms with Crippen molar-refractivity contribution in [3.05, 3.63) is 58.4 Å². The molecule has 1 N–H and O–H groups in total. The molecule has 0 bridgehead atoms. The summed E-state index contributed by atoms with van der Waals surface area (Å²) in [6.07, 6.45) is -4.45. The van der Waals surface area contributed by atoms with E-state index in [1.165, 1.54) is 19.2 Å². The predicted molar refractivity (Wildman–Crippen MR) is 92.8 cm³/mol. The zero-order chi connectivity index (χ0) is 18.7. The molecule has 0 radical (unpaired) electrons. The Bertz CT molecular complexity index is 912. The summed E-state index contributed by atoms with van der Waals surface area (Å²) < 4.78 is 49.2. The number of ether oxygens (including phenoxy) is 1. The first-order chi connectivity index (χ1) is 12.4. The van der Waals surface area contributed by atoms with Gasteiger partial charge in [0.25, 0.3) is 0 Å². The summed E-state index contributed by atoms with van der Waals surface area (Å²) >= 11 is 2.90. The third kappa shape index (κ3) is 3.98. The zero-order valence-electron chi connectivity index (χ0n) is 13.5. The van der Waals surface area contributed by atoms with Crippen LogP contribution in [0.3, 0.4) is 0 Å². The van der Waals surface area contributed by atoms with Crippen LogP contribution in [-0.4, -0.2) is 17.3 Å². The molecule has 0 fully saturated rings. The van der Waals surface area contributed by atoms with Crippen molar-refractivity contribution >= 4 is 21.6 Å². The van der Waals surface area contributed by atoms with E-state index in [-0.39, 0.29) is 22.6 Å². The number of rotatable bonds is 5. The molecule has 0 aliphatic carbocycles. The molecule has 3 aromatic rings. The lowest BCUT2D eigenvalue weighted by molar-refractivity contribution is -0.138. The van der Waals surface area contributed by atoms with Gasteiger partial charge in [0, 0.05) is 10.2 Å². The number of halogens is 4. The topological polar surface area (TPSA) is 60.2 Å². The third-order valence-corrected chi connectivity index (χ3v) is 4.22. The van der Waals surface area contributed by atoms with E-state index in [0.717, 1.165) is 6.07 Å². The van der Waals surface area contributed by atoms with Crippen LogP contribution in [0, 0.1) is 0 Å². The maximum atomic E-state index is 12.9. The summed E-state index contributed by atoms with van der Waals surface area (Å²) in [5, 5.41) is 6.73. The number of anilines is 1. The van der Waals surface area contributed by atoms with Crippen LogP contribution in [-0.2, 0) is 12.7 Å². The highest BCUT2D eigenvalue weighted by Crippen LogP contribution is 2.36. The quantitative estimate of drug-likeness (QED) is 0.610. The minimum atomic E-state index is -4.45. The lowest BCUT2D eigenvalue weighted by atomic mass is 10.2. The molecule has 136 valence electrons. The van der Waals surface area contributed by atoms with Gasteiger partial charge in [-0.25, -0.2) is 0 Å². The Hall–Kier alpha value is -2.55. The number of alkyl halides is 3. The normalized spacial score (nSPS) is 11.4. The lowest BCUT2D eigenvalue weighted by Gasteiger charge is -2.11. The molecule has 3 rings (SSSR count). The van der Waals surface area contributed by atoms with Gasteiger partial charge in [-0.05, 0) is 30.3 Å². The molecule has 0 aliphatic rings. The van der Waals surface area contributed by atoms with Crippen LogP contribution < -0.4 is 10.1 Å². The van der Waals surface area contributed by atoms with Gasteiger partial charge >= 0.3 is 6.18 Å². The van der Waals surface area contributed by atoms with E-state index in [2.05, 4.69) is 31.4 Å². The van der Waals surface area contributed by atoms with Gasteiger partial charge in [0.2, 0.25) is 11.7 Å². The van der Waals surface area contributed by atoms with Crippen LogP contribution in [0.4, 0.5) is 18.9 Å². The molecule has 5 nitrogen and oxygen atoms in total. The van der Waals surface area contributed by atoms with E-state index in [1.54, 1.807) is 12.1 Å². The first kappa shape index (κ1) is 18.2. The Labute approximate surface area is 155 Å². The second-order valence-electron chi connectivity index (χ2n) is 5.26. The van der Waals surface area contributed by atoms with E-state index in [4.69, 9.17) is 9.26 Å². The molecule has 0 aliphatic heterocycles. The molecule has 0 amide bonds. The van der Waals surface area contributed by atoms with E-state index in [9.17, 15) is 13.2 Å². The number of methoxy groups -OCH3 is 1. The first-order valence-electron chi connectivity index (χ1n) is 7.45. The molecule has 0 unspecified atom stereocenters. The number of nitrogens with one attached hydrogen (secondary N) is 1. The van der Waals surface area contributed by atoms with Gasteiger partial charge in [-0.2, -0.15) is 18.2 Å². The monoisotopic (exact) mass is 427 g/mol. The molecule has 2 aromatic carbocycles. The van der Waals surface area contributed by atoms with E-state index < -0.39 is 11.7 Å². The van der Waals surface area contributed by atoms with Crippen molar-refractivity contribution in [1.29, 1.82) is 0 Å². The Morgan fingerprint density at radius 1 is 1.19 bits per heavy atom. The number of hydrogen-bond donors (Lipinski definition) is 1. The molecular weight excluding hydrogens is 415 g/mol. The van der Waals surface area contributed by atoms with E-state index in [1.807, 2.05) is 12.1 Å². The van der Waals surface area contributed by atoms with Crippen molar-refractivity contribution in [3.63, 3.8) is 0 Å². The molecule has 0 atom stereocenters. The lowest BCUT2D eigenvalue weighted by Crippen LogP contribution is -2.07. The Morgan fingerprint density at radius 2 is 1.96 bits per heavy atom. The zero-order valence-corrected chi connectivity index (χ0v) is 15.1. The van der Waals surface area contributed by atoms with Crippen molar-refractivity contribution in [2.45, 2.75) is 12.7 Å². The summed E-state index contributed by atoms with van der Waals surface area (Å²) in [6.45, 7) is 0.0844. The largest absolute Gasteiger partial charge is 0.496 e. The van der Waals surface area contributed by atoms with Gasteiger partial charge in [-0.1, -0.05) is 33.2 Å². The minimum Gasteiger partial charge on any atom is -0.496 e. The first-order valence-corrected chi connectivity index (χ1v) is 8.24. The molecule has 0 saturated carbocycles. The molecule has 0 saturated heterocycles. The van der Waals surface area contributed by atoms with Crippen molar-refractivity contribution in [1.82, 2.24) is 10.1 Å². The number of hydrogen-bond acceptors (Lipinski definition) is 5. The predicted octanol–water partition coefficient (Wildman–Crippen LogP) is 5.14. The highest BCUT2D eigenvalue weighted by molar-refractivity contribution is 9.10. The summed E-state index contributed by atoms with van der Waals surface area (Å²) in [5.74, 6) is 1.17. The van der Waals surface area contributed by atoms with Crippen LogP contribution in [0.2, 0.25) is 0 Å². The van der Waals surface area contributed by atoms with E-state index in [0.29, 0.717) is 17.1 Å². The fraction of sp³-hybridized carbons (Fsp3) is 0.176. The van der Waals surface area contributed by atoms with Gasteiger partial charge in [0.15, 0.2) is 0 Å². The SMILES string of the molecule is COc1ccccc1-c1noc(CNc2ccc(Br)c(C(F)(F)F)c2)n1. The average Bonchev–Trinajstić information content (AvgIpc) is 3.09. The van der Waals surface area contributed by atoms with Crippen LogP contribution in [0.5, 0.6) is 5.75 Å². The van der Waals surface area contributed by atoms with Gasteiger partial charge in [0.05, 0.1) is 24.8 Å². The number of nitrogens with zero attached hydrogens (tertiary/aromatic N) is 2. The van der Waals surface area contributed by atoms with Crippen LogP contribution in [0.1, 0.15) is 11.5 Å². The molecular formula is C17H13BrF3N3O2. The number of benzene rings is 2. The number of para-hydroxylation sites is 1. The minimum absolute atomic E-state index is 0.0215. The Morgan fingerprint density at radius 3 is 2.69 bits per heavy atom. The maximum Gasteiger partial charge on any atom is 0.417 e. The van der Waals surface area contributed by atoms with Crippen molar-refractivity contribution < 1.29 is 22.4 Å². The molecule has 26 heavy (non-hydrogen) atoms. The summed E-state index contributed by atoms with van der Waals surface area (Å²) in [4.78, 5) is 4.24. The standard InChI is InChI=1S/C17H13BrF3N3O2/c1-25-14-5-3-2-4-11(14)16-23-15(26-24-16)9-22-10-6-7-13(18)12(8-10)17(19,20)21/h2-8,22H,9H2,1H3. The average molecular weight is 428 g/mol. The smallest absolute Gasteiger partial charge is 0.417 e. The Balaban J connectivity index is 1.75. The highest BCUT2D eigenvalue weighted by atomic mass is 79.9. The van der Waals surface area contributed by atoms with Crippen LogP contribution in [0.25, 0.3) is 11.4 Å². The maximum absolute atomic E-state index is 12.9. The summed E-state index contributed by atoms with van der Waals surface area (Å²) in [5.41, 5.74) is 0.188. The van der Waals surface area contributed by atoms with Gasteiger partial charge in [0.1, 0.15) is 5.75 Å². The molecule has 9 heteroatoms. The van der Waals surface area contributed by atoms with Crippen molar-refractivity contribution in [2.75, 3.05) is 12.4 Å². The third-order valence-electron chi connectivity index (χ3n) is 3.53. The van der Waals surface area contributed by atoms with Gasteiger partial charge in [-0.3, -0.25) is 0 Å². The number of aromatic nitrogens is 2. The molecule has 1 heterocycles. The molecule has 1 aromatic heterocycles. The second-order valence-corrected chi connectivity index (χ2v) is 6.11. The summed E-state index contributed by atoms with van der Waals surface area (Å²) in [6, 6.07) is 11.1. The van der Waals surface area contributed by atoms with Gasteiger partial charge < -0.3 is 14.6 Å². The van der Waals surface area contributed by atoms with Crippen LogP contribution in [0.15, 0.2) is 51.5 Å². The fourth-order valence-corrected chi connectivity index (χ4v) is 2.77. The van der Waals surface area contributed by atoms with Gasteiger partial charge in [-0.15, -0.1) is 0 Å². The summed E-state index contributed by atoms with van der Waals surface area (Å²) in [7, 11) is 1.53. The van der Waals surface area contributed by atoms with E-state index >= 15 is 0 Å². The second kappa shape index (κ2) is 7.36. The highest BCUT2D eigenvalue weighted by Gasteiger charge is 2.33. The Kier molecular flexibility index (Phi) is 5.17. The van der Waals surface area contributed by atoms with Crippen molar-refractivity contribution in [3.8, 4) is 17.1 Å². The fourth-order valence-electron chi connectivity index (χ4n) is 2.30.